The average molecular weight is 486 g/mol. The third-order valence-electron chi connectivity index (χ3n) is 3.78. The molecule has 0 unspecified atom stereocenters. The van der Waals surface area contributed by atoms with E-state index < -0.39 is 17.3 Å². The molecule has 134 valence electrons. The van der Waals surface area contributed by atoms with Crippen molar-refractivity contribution in [2.24, 2.45) is 0 Å². The Balaban J connectivity index is 2.15. The van der Waals surface area contributed by atoms with E-state index in [1.54, 1.807) is 0 Å². The maximum atomic E-state index is 12.9. The van der Waals surface area contributed by atoms with Crippen molar-refractivity contribution in [2.75, 3.05) is 14.2 Å². The highest BCUT2D eigenvalue weighted by Gasteiger charge is 2.37. The Bertz CT molecular complexity index is 1000. The molecule has 26 heavy (non-hydrogen) atoms. The molecule has 2 aromatic rings. The van der Waals surface area contributed by atoms with E-state index >= 15 is 0 Å². The summed E-state index contributed by atoms with van der Waals surface area (Å²) in [6.07, 6.45) is 1.10. The molecule has 7 nitrogen and oxygen atoms in total. The van der Waals surface area contributed by atoms with E-state index in [2.05, 4.69) is 31.9 Å². The Morgan fingerprint density at radius 2 is 1.77 bits per heavy atom. The van der Waals surface area contributed by atoms with Crippen molar-refractivity contribution < 1.29 is 33.4 Å². The molecule has 3 rings (SSSR count). The Labute approximate surface area is 163 Å². The fourth-order valence-corrected chi connectivity index (χ4v) is 3.39. The first-order chi connectivity index (χ1) is 12.3. The summed E-state index contributed by atoms with van der Waals surface area (Å²) < 4.78 is 15.7. The molecule has 1 aromatic carbocycles. The molecule has 0 spiro atoms. The zero-order valence-electron chi connectivity index (χ0n) is 13.4. The largest absolute Gasteiger partial charge is 0.504 e. The minimum Gasteiger partial charge on any atom is -0.504 e. The van der Waals surface area contributed by atoms with Gasteiger partial charge in [0, 0.05) is 5.56 Å². The van der Waals surface area contributed by atoms with Crippen LogP contribution in [-0.4, -0.2) is 36.7 Å². The normalized spacial score (nSPS) is 13.7. The molecule has 1 heterocycles. The molecule has 0 amide bonds. The van der Waals surface area contributed by atoms with Crippen molar-refractivity contribution in [1.82, 2.24) is 0 Å². The molecule has 1 aliphatic carbocycles. The number of hydrogen-bond acceptors (Lipinski definition) is 7. The van der Waals surface area contributed by atoms with Gasteiger partial charge in [0.1, 0.15) is 6.26 Å². The topological polar surface area (TPSA) is 103 Å². The lowest BCUT2D eigenvalue weighted by Gasteiger charge is -2.12. The van der Waals surface area contributed by atoms with Gasteiger partial charge in [0.15, 0.2) is 23.0 Å². The molecule has 0 bridgehead atoms. The molecule has 0 saturated heterocycles. The highest BCUT2D eigenvalue weighted by Crippen LogP contribution is 2.41. The summed E-state index contributed by atoms with van der Waals surface area (Å²) in [4.78, 5) is 37.2. The number of ketones is 3. The van der Waals surface area contributed by atoms with Gasteiger partial charge in [-0.3, -0.25) is 14.4 Å². The summed E-state index contributed by atoms with van der Waals surface area (Å²) in [6.45, 7) is 0. The number of carbonyl (C=O) groups excluding carboxylic acids is 3. The van der Waals surface area contributed by atoms with Crippen molar-refractivity contribution in [3.63, 3.8) is 0 Å². The smallest absolute Gasteiger partial charge is 0.241 e. The van der Waals surface area contributed by atoms with Crippen molar-refractivity contribution in [1.29, 1.82) is 0 Å². The predicted octanol–water partition coefficient (Wildman–Crippen LogP) is 3.46. The van der Waals surface area contributed by atoms with E-state index in [-0.39, 0.29) is 48.7 Å². The molecule has 1 aromatic heterocycles. The standard InChI is InChI=1S/C17H10Br2O7/c1-24-9-4-6(3-8(20)16(9)25-2)13(21)7-5-26-17-10(7)14(22)15(23)11(18)12(17)19/h3-5,20H,1-2H3. The van der Waals surface area contributed by atoms with Crippen molar-refractivity contribution in [2.45, 2.75) is 0 Å². The number of carbonyl (C=O) groups is 3. The maximum absolute atomic E-state index is 12.9. The van der Waals surface area contributed by atoms with Crippen molar-refractivity contribution in [3.8, 4) is 17.2 Å². The van der Waals surface area contributed by atoms with Crippen LogP contribution in [0.15, 0.2) is 27.3 Å². The number of hydrogen-bond donors (Lipinski definition) is 1. The van der Waals surface area contributed by atoms with Gasteiger partial charge < -0.3 is 19.0 Å². The molecule has 1 N–H and O–H groups in total. The van der Waals surface area contributed by atoms with Gasteiger partial charge in [-0.1, -0.05) is 0 Å². The minimum absolute atomic E-state index is 0.0205. The van der Waals surface area contributed by atoms with Crippen LogP contribution in [0.4, 0.5) is 0 Å². The highest BCUT2D eigenvalue weighted by atomic mass is 79.9. The Morgan fingerprint density at radius 1 is 1.08 bits per heavy atom. The van der Waals surface area contributed by atoms with Gasteiger partial charge in [-0.15, -0.1) is 0 Å². The van der Waals surface area contributed by atoms with Gasteiger partial charge >= 0.3 is 0 Å². The quantitative estimate of drug-likeness (QED) is 0.522. The molecular formula is C17H10Br2O7. The number of rotatable bonds is 4. The third-order valence-corrected chi connectivity index (χ3v) is 5.83. The van der Waals surface area contributed by atoms with Crippen LogP contribution < -0.4 is 9.47 Å². The van der Waals surface area contributed by atoms with E-state index in [0.717, 1.165) is 6.26 Å². The zero-order chi connectivity index (χ0) is 19.2. The van der Waals surface area contributed by atoms with Crippen LogP contribution in [0.3, 0.4) is 0 Å². The van der Waals surface area contributed by atoms with Crippen LogP contribution in [0.2, 0.25) is 0 Å². The number of methoxy groups -OCH3 is 2. The van der Waals surface area contributed by atoms with Crippen molar-refractivity contribution in [3.05, 3.63) is 45.3 Å². The third kappa shape index (κ3) is 2.67. The van der Waals surface area contributed by atoms with Gasteiger partial charge in [0.05, 0.1) is 34.3 Å². The predicted molar refractivity (Wildman–Crippen MR) is 97.5 cm³/mol. The number of aromatic hydroxyl groups is 1. The molecule has 0 radical (unpaired) electrons. The summed E-state index contributed by atoms with van der Waals surface area (Å²) in [6, 6.07) is 2.54. The van der Waals surface area contributed by atoms with Gasteiger partial charge in [-0.05, 0) is 44.0 Å². The van der Waals surface area contributed by atoms with E-state index in [1.807, 2.05) is 0 Å². The lowest BCUT2D eigenvalue weighted by atomic mass is 9.93. The number of fused-ring (bicyclic) bond motifs is 1. The van der Waals surface area contributed by atoms with Gasteiger partial charge in [0.2, 0.25) is 17.3 Å². The second-order valence-electron chi connectivity index (χ2n) is 5.20. The molecule has 0 atom stereocenters. The van der Waals surface area contributed by atoms with E-state index in [9.17, 15) is 19.5 Å². The summed E-state index contributed by atoms with van der Waals surface area (Å²) in [7, 11) is 2.70. The van der Waals surface area contributed by atoms with E-state index in [0.29, 0.717) is 0 Å². The number of ether oxygens (including phenoxy) is 2. The van der Waals surface area contributed by atoms with Crippen LogP contribution in [0.25, 0.3) is 4.48 Å². The van der Waals surface area contributed by atoms with Crippen LogP contribution in [0, 0.1) is 0 Å². The monoisotopic (exact) mass is 484 g/mol. The number of phenolic OH excluding ortho intramolecular Hbond substituents is 1. The fraction of sp³-hybridized carbons (Fsp3) is 0.118. The molecule has 1 aliphatic rings. The van der Waals surface area contributed by atoms with Crippen LogP contribution in [0.1, 0.15) is 32.0 Å². The summed E-state index contributed by atoms with van der Waals surface area (Å²) in [5.41, 5.74) is -0.194. The fourth-order valence-electron chi connectivity index (χ4n) is 2.56. The summed E-state index contributed by atoms with van der Waals surface area (Å²) >= 11 is 6.19. The van der Waals surface area contributed by atoms with E-state index in [4.69, 9.17) is 13.9 Å². The number of furan rings is 1. The molecule has 0 aliphatic heterocycles. The van der Waals surface area contributed by atoms with Crippen LogP contribution >= 0.6 is 31.9 Å². The lowest BCUT2D eigenvalue weighted by Crippen LogP contribution is -2.22. The maximum Gasteiger partial charge on any atom is 0.241 e. The number of benzene rings is 1. The Kier molecular flexibility index (Phi) is 4.76. The van der Waals surface area contributed by atoms with Crippen LogP contribution in [0.5, 0.6) is 17.2 Å². The van der Waals surface area contributed by atoms with Gasteiger partial charge in [-0.25, -0.2) is 0 Å². The minimum atomic E-state index is -0.864. The second-order valence-corrected chi connectivity index (χ2v) is 6.79. The highest BCUT2D eigenvalue weighted by molar-refractivity contribution is 9.16. The molecule has 0 fully saturated rings. The first-order valence-corrected chi connectivity index (χ1v) is 8.66. The first-order valence-electron chi connectivity index (χ1n) is 7.07. The SMILES string of the molecule is COc1cc(C(=O)c2coc3c2C(=O)C(=O)C(Br)=C3Br)cc(O)c1OC. The van der Waals surface area contributed by atoms with Gasteiger partial charge in [0.25, 0.3) is 0 Å². The van der Waals surface area contributed by atoms with Crippen LogP contribution in [-0.2, 0) is 4.79 Å². The first kappa shape index (κ1) is 18.4. The summed E-state index contributed by atoms with van der Waals surface area (Å²) in [5, 5.41) is 10.0. The molecule has 9 heteroatoms. The zero-order valence-corrected chi connectivity index (χ0v) is 16.6. The Morgan fingerprint density at radius 3 is 2.38 bits per heavy atom. The second kappa shape index (κ2) is 6.73. The number of halogens is 2. The van der Waals surface area contributed by atoms with E-state index in [1.165, 1.54) is 26.4 Å². The number of phenols is 1. The lowest BCUT2D eigenvalue weighted by molar-refractivity contribution is -0.111. The summed E-state index contributed by atoms with van der Waals surface area (Å²) in [5.74, 6) is -2.30. The average Bonchev–Trinajstić information content (AvgIpc) is 3.08. The van der Waals surface area contributed by atoms with Crippen molar-refractivity contribution >= 4 is 53.7 Å². The molecule has 0 saturated carbocycles. The Hall–Kier alpha value is -2.39. The van der Waals surface area contributed by atoms with Gasteiger partial charge in [-0.2, -0.15) is 0 Å². The number of allylic oxidation sites excluding steroid dienone is 1. The molecular weight excluding hydrogens is 476 g/mol. The number of Topliss-reactive ketones (excluding diaryl/α,β-unsaturated/α-hetero) is 2.